The maximum atomic E-state index is 13.2. The minimum Gasteiger partial charge on any atom is -0.462 e. The molecule has 0 saturated carbocycles. The molecule has 0 unspecified atom stereocenters. The Kier molecular flexibility index (Phi) is 6.18. The second-order valence-corrected chi connectivity index (χ2v) is 8.60. The fourth-order valence-corrected chi connectivity index (χ4v) is 4.49. The van der Waals surface area contributed by atoms with E-state index in [-0.39, 0.29) is 11.8 Å². The van der Waals surface area contributed by atoms with Gasteiger partial charge in [0.05, 0.1) is 12.2 Å². The molecule has 1 aliphatic carbocycles. The van der Waals surface area contributed by atoms with Crippen molar-refractivity contribution in [2.24, 2.45) is 0 Å². The van der Waals surface area contributed by atoms with E-state index in [1.807, 2.05) is 61.5 Å². The Morgan fingerprint density at radius 1 is 1.10 bits per heavy atom. The summed E-state index contributed by atoms with van der Waals surface area (Å²) in [6.07, 6.45) is 2.83. The van der Waals surface area contributed by atoms with Gasteiger partial charge in [-0.1, -0.05) is 58.4 Å². The van der Waals surface area contributed by atoms with Crippen LogP contribution in [0.3, 0.4) is 0 Å². The zero-order valence-corrected chi connectivity index (χ0v) is 18.5. The quantitative estimate of drug-likeness (QED) is 0.616. The third-order valence-electron chi connectivity index (χ3n) is 5.67. The number of rotatable bonds is 5. The SMILES string of the molecule is CC1=C(C(=O)OCCc2ccccc2)[C@H](c2ccc(Br)cc2)C2=C(CCCC2=O)N1. The maximum absolute atomic E-state index is 13.2. The molecule has 1 heterocycles. The van der Waals surface area contributed by atoms with Crippen molar-refractivity contribution < 1.29 is 14.3 Å². The summed E-state index contributed by atoms with van der Waals surface area (Å²) in [5.74, 6) is -0.654. The predicted octanol–water partition coefficient (Wildman–Crippen LogP) is 5.20. The van der Waals surface area contributed by atoms with Crippen molar-refractivity contribution in [3.8, 4) is 0 Å². The minimum absolute atomic E-state index is 0.110. The first-order valence-electron chi connectivity index (χ1n) is 10.2. The van der Waals surface area contributed by atoms with Crippen LogP contribution in [0.25, 0.3) is 0 Å². The van der Waals surface area contributed by atoms with E-state index in [0.717, 1.165) is 39.8 Å². The van der Waals surface area contributed by atoms with Crippen LogP contribution >= 0.6 is 15.9 Å². The molecule has 2 aliphatic rings. The lowest BCUT2D eigenvalue weighted by molar-refractivity contribution is -0.139. The minimum atomic E-state index is -0.397. The monoisotopic (exact) mass is 465 g/mol. The Morgan fingerprint density at radius 2 is 1.83 bits per heavy atom. The molecule has 0 radical (unpaired) electrons. The summed E-state index contributed by atoms with van der Waals surface area (Å²) < 4.78 is 6.62. The van der Waals surface area contributed by atoms with Crippen molar-refractivity contribution in [3.63, 3.8) is 0 Å². The highest BCUT2D eigenvalue weighted by Crippen LogP contribution is 2.42. The Morgan fingerprint density at radius 3 is 2.57 bits per heavy atom. The van der Waals surface area contributed by atoms with Gasteiger partial charge in [0.15, 0.2) is 5.78 Å². The van der Waals surface area contributed by atoms with E-state index >= 15 is 0 Å². The molecular weight excluding hydrogens is 442 g/mol. The van der Waals surface area contributed by atoms with E-state index in [4.69, 9.17) is 4.74 Å². The molecule has 154 valence electrons. The van der Waals surface area contributed by atoms with E-state index in [0.29, 0.717) is 30.6 Å². The number of nitrogens with one attached hydrogen (secondary N) is 1. The number of carbonyl (C=O) groups is 2. The fraction of sp³-hybridized carbons (Fsp3) is 0.280. The largest absolute Gasteiger partial charge is 0.462 e. The van der Waals surface area contributed by atoms with Crippen LogP contribution in [0.2, 0.25) is 0 Å². The van der Waals surface area contributed by atoms with Crippen LogP contribution in [-0.2, 0) is 20.7 Å². The first-order chi connectivity index (χ1) is 14.5. The molecule has 2 aromatic carbocycles. The van der Waals surface area contributed by atoms with E-state index in [1.165, 1.54) is 0 Å². The lowest BCUT2D eigenvalue weighted by atomic mass is 9.75. The zero-order valence-electron chi connectivity index (χ0n) is 16.9. The average molecular weight is 466 g/mol. The number of halogens is 1. The number of benzene rings is 2. The van der Waals surface area contributed by atoms with E-state index in [9.17, 15) is 9.59 Å². The number of esters is 1. The number of carbonyl (C=O) groups excluding carboxylic acids is 2. The molecule has 4 rings (SSSR count). The summed E-state index contributed by atoms with van der Waals surface area (Å²) in [4.78, 5) is 26.0. The number of Topliss-reactive ketones (excluding diaryl/α,β-unsaturated/α-hetero) is 1. The zero-order chi connectivity index (χ0) is 21.1. The van der Waals surface area contributed by atoms with Crippen LogP contribution in [0.4, 0.5) is 0 Å². The number of dihydropyridines is 1. The number of ether oxygens (including phenoxy) is 1. The molecular formula is C25H24BrNO3. The van der Waals surface area contributed by atoms with Gasteiger partial charge in [-0.15, -0.1) is 0 Å². The standard InChI is InChI=1S/C25H24BrNO3/c1-16-22(25(29)30-15-14-17-6-3-2-4-7-17)23(18-10-12-19(26)13-11-18)24-20(27-16)8-5-9-21(24)28/h2-4,6-7,10-13,23,27H,5,8-9,14-15H2,1H3/t23-/m0/s1. The van der Waals surface area contributed by atoms with Crippen LogP contribution in [-0.4, -0.2) is 18.4 Å². The summed E-state index contributed by atoms with van der Waals surface area (Å²) in [5, 5.41) is 3.33. The molecule has 0 spiro atoms. The van der Waals surface area contributed by atoms with Gasteiger partial charge in [-0.3, -0.25) is 4.79 Å². The second-order valence-electron chi connectivity index (χ2n) is 7.69. The average Bonchev–Trinajstić information content (AvgIpc) is 2.74. The lowest BCUT2D eigenvalue weighted by Gasteiger charge is -2.34. The van der Waals surface area contributed by atoms with Crippen molar-refractivity contribution >= 4 is 27.7 Å². The lowest BCUT2D eigenvalue weighted by Crippen LogP contribution is -2.34. The number of allylic oxidation sites excluding steroid dienone is 3. The Balaban J connectivity index is 1.63. The van der Waals surface area contributed by atoms with Crippen LogP contribution in [0.5, 0.6) is 0 Å². The Hall–Kier alpha value is -2.66. The third kappa shape index (κ3) is 4.26. The fourth-order valence-electron chi connectivity index (χ4n) is 4.23. The first-order valence-corrected chi connectivity index (χ1v) is 11.0. The molecule has 5 heteroatoms. The molecule has 0 amide bonds. The molecule has 0 aromatic heterocycles. The summed E-state index contributed by atoms with van der Waals surface area (Å²) in [6, 6.07) is 17.8. The van der Waals surface area contributed by atoms with Gasteiger partial charge in [-0.25, -0.2) is 4.79 Å². The smallest absolute Gasteiger partial charge is 0.336 e. The van der Waals surface area contributed by atoms with Crippen LogP contribution in [0, 0.1) is 0 Å². The van der Waals surface area contributed by atoms with Crippen LogP contribution in [0.15, 0.2) is 81.6 Å². The molecule has 0 fully saturated rings. The van der Waals surface area contributed by atoms with Crippen molar-refractivity contribution in [2.45, 2.75) is 38.5 Å². The third-order valence-corrected chi connectivity index (χ3v) is 6.19. The van der Waals surface area contributed by atoms with Gasteiger partial charge in [0.1, 0.15) is 0 Å². The Bertz CT molecular complexity index is 1020. The summed E-state index contributed by atoms with van der Waals surface area (Å²) >= 11 is 3.47. The van der Waals surface area contributed by atoms with Crippen LogP contribution in [0.1, 0.15) is 43.2 Å². The van der Waals surface area contributed by atoms with Gasteiger partial charge < -0.3 is 10.1 Å². The highest BCUT2D eigenvalue weighted by atomic mass is 79.9. The number of hydrogen-bond acceptors (Lipinski definition) is 4. The first kappa shape index (κ1) is 20.6. The molecule has 0 saturated heterocycles. The van der Waals surface area contributed by atoms with E-state index < -0.39 is 5.92 Å². The van der Waals surface area contributed by atoms with Gasteiger partial charge in [-0.2, -0.15) is 0 Å². The highest BCUT2D eigenvalue weighted by molar-refractivity contribution is 9.10. The van der Waals surface area contributed by atoms with Gasteiger partial charge in [-0.05, 0) is 43.0 Å². The predicted molar refractivity (Wildman–Crippen MR) is 120 cm³/mol. The molecule has 4 nitrogen and oxygen atoms in total. The highest BCUT2D eigenvalue weighted by Gasteiger charge is 2.39. The Labute approximate surface area is 185 Å². The van der Waals surface area contributed by atoms with Crippen molar-refractivity contribution in [1.29, 1.82) is 0 Å². The van der Waals surface area contributed by atoms with Gasteiger partial charge in [0.25, 0.3) is 0 Å². The number of hydrogen-bond donors (Lipinski definition) is 1. The maximum Gasteiger partial charge on any atom is 0.336 e. The normalized spacial score (nSPS) is 18.7. The molecule has 1 N–H and O–H groups in total. The van der Waals surface area contributed by atoms with E-state index in [2.05, 4.69) is 21.2 Å². The topological polar surface area (TPSA) is 55.4 Å². The van der Waals surface area contributed by atoms with E-state index in [1.54, 1.807) is 0 Å². The molecule has 1 atom stereocenters. The van der Waals surface area contributed by atoms with Crippen molar-refractivity contribution in [1.82, 2.24) is 5.32 Å². The molecule has 2 aromatic rings. The van der Waals surface area contributed by atoms with Gasteiger partial charge in [0, 0.05) is 40.2 Å². The summed E-state index contributed by atoms with van der Waals surface area (Å²) in [5.41, 5.74) is 4.99. The van der Waals surface area contributed by atoms with Crippen molar-refractivity contribution in [2.75, 3.05) is 6.61 Å². The summed E-state index contributed by atoms with van der Waals surface area (Å²) in [7, 11) is 0. The molecule has 0 bridgehead atoms. The van der Waals surface area contributed by atoms with Gasteiger partial charge >= 0.3 is 5.97 Å². The summed E-state index contributed by atoms with van der Waals surface area (Å²) in [6.45, 7) is 2.19. The number of ketones is 1. The second kappa shape index (κ2) is 9.00. The van der Waals surface area contributed by atoms with Gasteiger partial charge in [0.2, 0.25) is 0 Å². The van der Waals surface area contributed by atoms with Crippen LogP contribution < -0.4 is 5.32 Å². The molecule has 30 heavy (non-hydrogen) atoms. The molecule has 1 aliphatic heterocycles. The van der Waals surface area contributed by atoms with Crippen molar-refractivity contribution in [3.05, 3.63) is 92.7 Å².